The zero-order valence-corrected chi connectivity index (χ0v) is 12.5. The van der Waals surface area contributed by atoms with E-state index >= 15 is 0 Å². The number of hydroxylamine groups is 1. The average Bonchev–Trinajstić information content (AvgIpc) is 2.58. The van der Waals surface area contributed by atoms with Crippen LogP contribution in [0.5, 0.6) is 5.75 Å². The van der Waals surface area contributed by atoms with Gasteiger partial charge in [-0.1, -0.05) is 0 Å². The summed E-state index contributed by atoms with van der Waals surface area (Å²) in [7, 11) is 1.55. The highest BCUT2D eigenvalue weighted by Gasteiger charge is 2.16. The molecule has 120 valence electrons. The number of nitrogens with one attached hydrogen (secondary N) is 2. The summed E-state index contributed by atoms with van der Waals surface area (Å²) in [6, 6.07) is 6.61. The van der Waals surface area contributed by atoms with Gasteiger partial charge in [0.25, 0.3) is 11.8 Å². The van der Waals surface area contributed by atoms with E-state index in [9.17, 15) is 9.59 Å². The molecule has 1 unspecified atom stereocenters. The first-order valence-electron chi connectivity index (χ1n) is 7.17. The number of hydrogen-bond donors (Lipinski definition) is 2. The Kier molecular flexibility index (Phi) is 6.17. The third kappa shape index (κ3) is 5.01. The molecule has 2 amide bonds. The summed E-state index contributed by atoms with van der Waals surface area (Å²) in [6.45, 7) is 0.465. The van der Waals surface area contributed by atoms with Gasteiger partial charge in [-0.25, -0.2) is 10.3 Å². The molecule has 0 aromatic heterocycles. The molecule has 22 heavy (non-hydrogen) atoms. The molecule has 0 radical (unpaired) electrons. The molecule has 0 spiro atoms. The number of rotatable bonds is 6. The number of carbonyl (C=O) groups excluding carboxylic acids is 2. The van der Waals surface area contributed by atoms with Crippen LogP contribution in [0.25, 0.3) is 0 Å². The highest BCUT2D eigenvalue weighted by molar-refractivity contribution is 5.96. The van der Waals surface area contributed by atoms with Crippen molar-refractivity contribution in [2.24, 2.45) is 0 Å². The molecule has 1 heterocycles. The molecule has 1 aromatic carbocycles. The number of methoxy groups -OCH3 is 1. The lowest BCUT2D eigenvalue weighted by atomic mass is 10.2. The predicted octanol–water partition coefficient (Wildman–Crippen LogP) is 0.999. The standard InChI is InChI=1S/C15H20N2O5/c1-20-12-7-5-11(6-8-12)15(19)16-10-13(18)17-22-14-4-2-3-9-21-14/h5-8,14H,2-4,9-10H2,1H3,(H,16,19)(H,17,18). The van der Waals surface area contributed by atoms with Crippen LogP contribution in [-0.4, -0.2) is 38.4 Å². The van der Waals surface area contributed by atoms with Crippen LogP contribution in [0.4, 0.5) is 0 Å². The van der Waals surface area contributed by atoms with E-state index in [1.165, 1.54) is 0 Å². The van der Waals surface area contributed by atoms with Crippen LogP contribution in [0.2, 0.25) is 0 Å². The van der Waals surface area contributed by atoms with Crippen LogP contribution in [0, 0.1) is 0 Å². The fourth-order valence-corrected chi connectivity index (χ4v) is 1.98. The molecule has 2 N–H and O–H groups in total. The summed E-state index contributed by atoms with van der Waals surface area (Å²) in [6.07, 6.45) is 2.36. The van der Waals surface area contributed by atoms with Crippen molar-refractivity contribution in [2.75, 3.05) is 20.3 Å². The van der Waals surface area contributed by atoms with Gasteiger partial charge in [0.05, 0.1) is 13.7 Å². The zero-order valence-electron chi connectivity index (χ0n) is 12.5. The second-order valence-electron chi connectivity index (χ2n) is 4.85. The third-order valence-electron chi connectivity index (χ3n) is 3.20. The third-order valence-corrected chi connectivity index (χ3v) is 3.20. The summed E-state index contributed by atoms with van der Waals surface area (Å²) >= 11 is 0. The van der Waals surface area contributed by atoms with Crippen LogP contribution in [0.3, 0.4) is 0 Å². The van der Waals surface area contributed by atoms with Gasteiger partial charge in [-0.3, -0.25) is 9.59 Å². The molecule has 7 nitrogen and oxygen atoms in total. The van der Waals surface area contributed by atoms with E-state index in [1.807, 2.05) is 0 Å². The zero-order chi connectivity index (χ0) is 15.8. The van der Waals surface area contributed by atoms with E-state index in [0.717, 1.165) is 19.3 Å². The van der Waals surface area contributed by atoms with Gasteiger partial charge in [-0.2, -0.15) is 0 Å². The molecule has 1 saturated heterocycles. The Morgan fingerprint density at radius 3 is 2.68 bits per heavy atom. The molecular formula is C15H20N2O5. The topological polar surface area (TPSA) is 85.9 Å². The first-order valence-corrected chi connectivity index (χ1v) is 7.17. The number of amides is 2. The quantitative estimate of drug-likeness (QED) is 0.766. The Morgan fingerprint density at radius 2 is 2.05 bits per heavy atom. The van der Waals surface area contributed by atoms with Crippen LogP contribution < -0.4 is 15.5 Å². The monoisotopic (exact) mass is 308 g/mol. The fraction of sp³-hybridized carbons (Fsp3) is 0.467. The van der Waals surface area contributed by atoms with E-state index in [1.54, 1.807) is 31.4 Å². The average molecular weight is 308 g/mol. The predicted molar refractivity (Wildman–Crippen MR) is 78.1 cm³/mol. The maximum Gasteiger partial charge on any atom is 0.263 e. The molecule has 7 heteroatoms. The largest absolute Gasteiger partial charge is 0.497 e. The fourth-order valence-electron chi connectivity index (χ4n) is 1.98. The number of carbonyl (C=O) groups is 2. The normalized spacial score (nSPS) is 17.6. The van der Waals surface area contributed by atoms with Crippen LogP contribution in [0.1, 0.15) is 29.6 Å². The van der Waals surface area contributed by atoms with E-state index in [4.69, 9.17) is 14.3 Å². The molecule has 1 atom stereocenters. The van der Waals surface area contributed by atoms with Crippen molar-refractivity contribution in [3.63, 3.8) is 0 Å². The van der Waals surface area contributed by atoms with Gasteiger partial charge in [-0.05, 0) is 37.1 Å². The van der Waals surface area contributed by atoms with Crippen molar-refractivity contribution >= 4 is 11.8 Å². The smallest absolute Gasteiger partial charge is 0.263 e. The summed E-state index contributed by atoms with van der Waals surface area (Å²) in [4.78, 5) is 28.6. The number of benzene rings is 1. The summed E-state index contributed by atoms with van der Waals surface area (Å²) < 4.78 is 10.3. The molecule has 1 fully saturated rings. The van der Waals surface area contributed by atoms with Gasteiger partial charge < -0.3 is 14.8 Å². The molecule has 1 aliphatic rings. The van der Waals surface area contributed by atoms with E-state index in [0.29, 0.717) is 17.9 Å². The highest BCUT2D eigenvalue weighted by atomic mass is 16.8. The molecule has 1 aliphatic heterocycles. The maximum atomic E-state index is 11.9. The number of ether oxygens (including phenoxy) is 2. The number of hydrogen-bond acceptors (Lipinski definition) is 5. The summed E-state index contributed by atoms with van der Waals surface area (Å²) in [5, 5.41) is 2.51. The summed E-state index contributed by atoms with van der Waals surface area (Å²) in [5.74, 6) is -0.113. The molecule has 2 rings (SSSR count). The SMILES string of the molecule is COc1ccc(C(=O)NCC(=O)NOC2CCCCO2)cc1. The van der Waals surface area contributed by atoms with Gasteiger partial charge in [0.15, 0.2) is 6.29 Å². The summed E-state index contributed by atoms with van der Waals surface area (Å²) in [5.41, 5.74) is 2.73. The van der Waals surface area contributed by atoms with Crippen LogP contribution in [0.15, 0.2) is 24.3 Å². The van der Waals surface area contributed by atoms with Crippen LogP contribution >= 0.6 is 0 Å². The van der Waals surface area contributed by atoms with Gasteiger partial charge in [0.1, 0.15) is 5.75 Å². The van der Waals surface area contributed by atoms with Crippen molar-refractivity contribution in [1.29, 1.82) is 0 Å². The van der Waals surface area contributed by atoms with Crippen molar-refractivity contribution in [3.05, 3.63) is 29.8 Å². The Labute approximate surface area is 128 Å². The Bertz CT molecular complexity index is 497. The second-order valence-corrected chi connectivity index (χ2v) is 4.85. The molecule has 1 aromatic rings. The van der Waals surface area contributed by atoms with Gasteiger partial charge >= 0.3 is 0 Å². The van der Waals surface area contributed by atoms with Gasteiger partial charge in [0.2, 0.25) is 0 Å². The molecule has 0 bridgehead atoms. The molecule has 0 saturated carbocycles. The lowest BCUT2D eigenvalue weighted by Crippen LogP contribution is -2.39. The van der Waals surface area contributed by atoms with E-state index in [-0.39, 0.29) is 12.5 Å². The second kappa shape index (κ2) is 8.35. The van der Waals surface area contributed by atoms with Crippen molar-refractivity contribution < 1.29 is 23.9 Å². The minimum atomic E-state index is -0.434. The Balaban J connectivity index is 1.69. The first kappa shape index (κ1) is 16.3. The van der Waals surface area contributed by atoms with E-state index in [2.05, 4.69) is 10.8 Å². The van der Waals surface area contributed by atoms with Gasteiger partial charge in [0, 0.05) is 18.6 Å². The lowest BCUT2D eigenvalue weighted by Gasteiger charge is -2.22. The molecular weight excluding hydrogens is 288 g/mol. The van der Waals surface area contributed by atoms with Crippen LogP contribution in [-0.2, 0) is 14.4 Å². The maximum absolute atomic E-state index is 11.9. The minimum Gasteiger partial charge on any atom is -0.497 e. The highest BCUT2D eigenvalue weighted by Crippen LogP contribution is 2.12. The lowest BCUT2D eigenvalue weighted by molar-refractivity contribution is -0.200. The van der Waals surface area contributed by atoms with Crippen molar-refractivity contribution in [3.8, 4) is 5.75 Å². The Hall–Kier alpha value is -2.12. The van der Waals surface area contributed by atoms with Crippen molar-refractivity contribution in [1.82, 2.24) is 10.8 Å². The van der Waals surface area contributed by atoms with Crippen molar-refractivity contribution in [2.45, 2.75) is 25.6 Å². The van der Waals surface area contributed by atoms with Gasteiger partial charge in [-0.15, -0.1) is 0 Å². The Morgan fingerprint density at radius 1 is 1.27 bits per heavy atom. The minimum absolute atomic E-state index is 0.169. The molecule has 0 aliphatic carbocycles. The first-order chi connectivity index (χ1) is 10.7. The van der Waals surface area contributed by atoms with E-state index < -0.39 is 12.2 Å².